The molecule has 3 aromatic rings. The number of ether oxygens (including phenoxy) is 1. The van der Waals surface area contributed by atoms with Crippen LogP contribution in [-0.2, 0) is 19.4 Å². The van der Waals surface area contributed by atoms with Crippen molar-refractivity contribution >= 4 is 17.2 Å². The topological polar surface area (TPSA) is 71.7 Å². The van der Waals surface area contributed by atoms with E-state index in [1.165, 1.54) is 29.7 Å². The molecule has 1 fully saturated rings. The normalized spacial score (nSPS) is 16.9. The summed E-state index contributed by atoms with van der Waals surface area (Å²) in [4.78, 5) is 19.5. The van der Waals surface area contributed by atoms with Crippen LogP contribution in [0.15, 0.2) is 34.7 Å². The van der Waals surface area contributed by atoms with Gasteiger partial charge in [0.25, 0.3) is 11.8 Å². The van der Waals surface area contributed by atoms with E-state index in [2.05, 4.69) is 21.2 Å². The third kappa shape index (κ3) is 4.36. The van der Waals surface area contributed by atoms with Crippen LogP contribution in [0.2, 0.25) is 0 Å². The lowest BCUT2D eigenvalue weighted by molar-refractivity contribution is 0.0618. The summed E-state index contributed by atoms with van der Waals surface area (Å²) < 4.78 is 11.2. The van der Waals surface area contributed by atoms with E-state index in [-0.39, 0.29) is 5.91 Å². The highest BCUT2D eigenvalue weighted by molar-refractivity contribution is 7.15. The number of thiophene rings is 1. The number of aromatic nitrogens is 2. The fourth-order valence-corrected chi connectivity index (χ4v) is 5.43. The number of nitrogens with zero attached hydrogens (tertiary/aromatic N) is 4. The fraction of sp³-hybridized carbons (Fsp3) is 0.435. The molecule has 31 heavy (non-hydrogen) atoms. The Morgan fingerprint density at radius 3 is 2.77 bits per heavy atom. The molecule has 0 radical (unpaired) electrons. The van der Waals surface area contributed by atoms with Crippen molar-refractivity contribution in [2.45, 2.75) is 32.2 Å². The standard InChI is InChI=1S/C23H26N4O3S/c1-29-18-7-4-6-17(13-18)23(28)27-11-9-26(10-12-27)15-21-24-25-22(30-21)20-14-16-5-2-3-8-19(16)31-20/h4,6-7,13-14H,2-3,5,8-12,15H2,1H3. The zero-order valence-corrected chi connectivity index (χ0v) is 18.5. The van der Waals surface area contributed by atoms with Crippen LogP contribution in [-0.4, -0.2) is 59.2 Å². The molecule has 8 heteroatoms. The van der Waals surface area contributed by atoms with Crippen molar-refractivity contribution in [3.63, 3.8) is 0 Å². The van der Waals surface area contributed by atoms with E-state index in [0.29, 0.717) is 42.7 Å². The molecule has 5 rings (SSSR count). The van der Waals surface area contributed by atoms with Crippen molar-refractivity contribution in [2.75, 3.05) is 33.3 Å². The Labute approximate surface area is 185 Å². The van der Waals surface area contributed by atoms with Crippen molar-refractivity contribution in [1.82, 2.24) is 20.0 Å². The van der Waals surface area contributed by atoms with Gasteiger partial charge in [-0.25, -0.2) is 0 Å². The van der Waals surface area contributed by atoms with Gasteiger partial charge in [-0.1, -0.05) is 6.07 Å². The van der Waals surface area contributed by atoms with Gasteiger partial charge in [-0.2, -0.15) is 0 Å². The van der Waals surface area contributed by atoms with Crippen molar-refractivity contribution in [3.05, 3.63) is 52.2 Å². The van der Waals surface area contributed by atoms with Crippen molar-refractivity contribution in [1.29, 1.82) is 0 Å². The number of carbonyl (C=O) groups is 1. The van der Waals surface area contributed by atoms with Gasteiger partial charge < -0.3 is 14.1 Å². The van der Waals surface area contributed by atoms with Crippen molar-refractivity contribution in [2.24, 2.45) is 0 Å². The number of benzene rings is 1. The summed E-state index contributed by atoms with van der Waals surface area (Å²) in [5, 5.41) is 8.55. The number of amides is 1. The largest absolute Gasteiger partial charge is 0.497 e. The van der Waals surface area contributed by atoms with Crippen LogP contribution in [0.3, 0.4) is 0 Å². The second kappa shape index (κ2) is 8.80. The molecule has 2 aromatic heterocycles. The maximum absolute atomic E-state index is 12.8. The van der Waals surface area contributed by atoms with E-state index in [0.717, 1.165) is 24.4 Å². The molecule has 1 aromatic carbocycles. The Balaban J connectivity index is 1.17. The monoisotopic (exact) mass is 438 g/mol. The molecule has 1 amide bonds. The molecule has 0 atom stereocenters. The summed E-state index contributed by atoms with van der Waals surface area (Å²) in [6.45, 7) is 3.52. The summed E-state index contributed by atoms with van der Waals surface area (Å²) in [7, 11) is 1.61. The summed E-state index contributed by atoms with van der Waals surface area (Å²) in [5.74, 6) is 2.00. The number of aryl methyl sites for hydroxylation is 2. The van der Waals surface area contributed by atoms with Crippen molar-refractivity contribution in [3.8, 4) is 16.5 Å². The summed E-state index contributed by atoms with van der Waals surface area (Å²) >= 11 is 1.79. The summed E-state index contributed by atoms with van der Waals surface area (Å²) in [5.41, 5.74) is 2.11. The smallest absolute Gasteiger partial charge is 0.257 e. The molecule has 0 spiro atoms. The molecule has 1 aliphatic carbocycles. The van der Waals surface area contributed by atoms with Gasteiger partial charge >= 0.3 is 0 Å². The zero-order chi connectivity index (χ0) is 21.2. The molecular weight excluding hydrogens is 412 g/mol. The van der Waals surface area contributed by atoms with Crippen LogP contribution >= 0.6 is 11.3 Å². The predicted molar refractivity (Wildman–Crippen MR) is 118 cm³/mol. The number of rotatable bonds is 5. The average Bonchev–Trinajstić information content (AvgIpc) is 3.46. The van der Waals surface area contributed by atoms with E-state index in [1.54, 1.807) is 24.5 Å². The van der Waals surface area contributed by atoms with E-state index < -0.39 is 0 Å². The molecule has 162 valence electrons. The first-order valence-electron chi connectivity index (χ1n) is 10.8. The first-order valence-corrected chi connectivity index (χ1v) is 11.6. The first-order chi connectivity index (χ1) is 15.2. The SMILES string of the molecule is COc1cccc(C(=O)N2CCN(Cc3nnc(-c4cc5c(s4)CCCC5)o3)CC2)c1. The highest BCUT2D eigenvalue weighted by Gasteiger charge is 2.24. The van der Waals surface area contributed by atoms with Gasteiger partial charge in [0.15, 0.2) is 0 Å². The number of methoxy groups -OCH3 is 1. The Hall–Kier alpha value is -2.71. The van der Waals surface area contributed by atoms with Gasteiger partial charge in [0.1, 0.15) is 5.75 Å². The van der Waals surface area contributed by atoms with Gasteiger partial charge in [0, 0.05) is 36.6 Å². The van der Waals surface area contributed by atoms with Crippen LogP contribution in [0.1, 0.15) is 39.5 Å². The molecule has 0 unspecified atom stereocenters. The molecule has 7 nitrogen and oxygen atoms in total. The average molecular weight is 439 g/mol. The number of carbonyl (C=O) groups excluding carboxylic acids is 1. The second-order valence-electron chi connectivity index (χ2n) is 8.07. The van der Waals surface area contributed by atoms with Gasteiger partial charge in [0.05, 0.1) is 18.5 Å². The first kappa shape index (κ1) is 20.2. The molecule has 1 saturated heterocycles. The van der Waals surface area contributed by atoms with Gasteiger partial charge in [-0.3, -0.25) is 9.69 Å². The molecule has 0 saturated carbocycles. The van der Waals surface area contributed by atoms with E-state index >= 15 is 0 Å². The second-order valence-corrected chi connectivity index (χ2v) is 9.20. The predicted octanol–water partition coefficient (Wildman–Crippen LogP) is 3.64. The maximum Gasteiger partial charge on any atom is 0.257 e. The summed E-state index contributed by atoms with van der Waals surface area (Å²) in [6.07, 6.45) is 4.87. The summed E-state index contributed by atoms with van der Waals surface area (Å²) in [6, 6.07) is 9.54. The van der Waals surface area contributed by atoms with Gasteiger partial charge in [-0.15, -0.1) is 21.5 Å². The van der Waals surface area contributed by atoms with Crippen LogP contribution in [0.5, 0.6) is 5.75 Å². The van der Waals surface area contributed by atoms with Crippen molar-refractivity contribution < 1.29 is 13.9 Å². The molecule has 0 bridgehead atoms. The quantitative estimate of drug-likeness (QED) is 0.606. The molecule has 0 N–H and O–H groups in total. The lowest BCUT2D eigenvalue weighted by Crippen LogP contribution is -2.48. The van der Waals surface area contributed by atoms with E-state index in [1.807, 2.05) is 23.1 Å². The van der Waals surface area contributed by atoms with Gasteiger partial charge in [-0.05, 0) is 55.5 Å². The van der Waals surface area contributed by atoms with Gasteiger partial charge in [0.2, 0.25) is 5.89 Å². The number of piperazine rings is 1. The van der Waals surface area contributed by atoms with E-state index in [4.69, 9.17) is 9.15 Å². The third-order valence-electron chi connectivity index (χ3n) is 6.01. The van der Waals surface area contributed by atoms with E-state index in [9.17, 15) is 4.79 Å². The molecular formula is C23H26N4O3S. The lowest BCUT2D eigenvalue weighted by Gasteiger charge is -2.34. The van der Waals surface area contributed by atoms with Crippen LogP contribution in [0.4, 0.5) is 0 Å². The number of hydrogen-bond donors (Lipinski definition) is 0. The Kier molecular flexibility index (Phi) is 5.74. The minimum absolute atomic E-state index is 0.0419. The van der Waals surface area contributed by atoms with Crippen LogP contribution in [0.25, 0.3) is 10.8 Å². The third-order valence-corrected chi connectivity index (χ3v) is 7.23. The Bertz CT molecular complexity index is 1040. The van der Waals surface area contributed by atoms with Crippen LogP contribution in [0, 0.1) is 0 Å². The maximum atomic E-state index is 12.8. The minimum atomic E-state index is 0.0419. The molecule has 2 aliphatic rings. The number of hydrogen-bond acceptors (Lipinski definition) is 7. The minimum Gasteiger partial charge on any atom is -0.497 e. The lowest BCUT2D eigenvalue weighted by atomic mass is 9.99. The number of fused-ring (bicyclic) bond motifs is 1. The molecule has 3 heterocycles. The Morgan fingerprint density at radius 1 is 1.13 bits per heavy atom. The van der Waals surface area contributed by atoms with Crippen LogP contribution < -0.4 is 4.74 Å². The molecule has 1 aliphatic heterocycles. The highest BCUT2D eigenvalue weighted by Crippen LogP contribution is 2.35. The zero-order valence-electron chi connectivity index (χ0n) is 17.7. The highest BCUT2D eigenvalue weighted by atomic mass is 32.1. The fourth-order valence-electron chi connectivity index (χ4n) is 4.25. The Morgan fingerprint density at radius 2 is 1.97 bits per heavy atom.